The average Bonchev–Trinajstić information content (AvgIpc) is 3.92. The first-order valence-electron chi connectivity index (χ1n) is 17.4. The fourth-order valence-electron chi connectivity index (χ4n) is 7.04. The molecule has 4 aromatic heterocycles. The molecule has 0 radical (unpaired) electrons. The molecule has 6 heteroatoms. The SMILES string of the molecule is CC[Si](C#Cc1c2ccc(-c3cc4sccc4s3)cc2c(C#C[Si](CC)(CC)CC)c2ccc(-c3cc4sccc4s3)cc12)(CC)CC. The standard InChI is InChI=1S/C42H42S4Si2/c1-7-47(8-2,9-3)23-19-33-31-15-13-30(40-28-42-38(46-40)18-22-44-42)26-36(31)34(20-24-48(10-4,11-5)12-6)32-16-14-29(25-35(32)33)39-27-41-37(45-39)17-21-43-41/h13-18,21-22,25-28H,7-12H2,1-6H3. The summed E-state index contributed by atoms with van der Waals surface area (Å²) in [6.07, 6.45) is 0. The van der Waals surface area contributed by atoms with Crippen LogP contribution in [0.15, 0.2) is 71.4 Å². The quantitative estimate of drug-likeness (QED) is 0.0830. The summed E-state index contributed by atoms with van der Waals surface area (Å²) in [7, 11) is -3.37. The third-order valence-electron chi connectivity index (χ3n) is 10.9. The Morgan fingerprint density at radius 2 is 0.854 bits per heavy atom. The van der Waals surface area contributed by atoms with Crippen LogP contribution in [0.25, 0.3) is 61.2 Å². The van der Waals surface area contributed by atoms with Gasteiger partial charge >= 0.3 is 0 Å². The molecule has 0 unspecified atom stereocenters. The van der Waals surface area contributed by atoms with Crippen molar-refractivity contribution in [3.05, 3.63) is 82.6 Å². The predicted octanol–water partition coefficient (Wildman–Crippen LogP) is 14.7. The van der Waals surface area contributed by atoms with E-state index >= 15 is 0 Å². The summed E-state index contributed by atoms with van der Waals surface area (Å²) < 4.78 is 5.47. The lowest BCUT2D eigenvalue weighted by Crippen LogP contribution is -2.29. The third kappa shape index (κ3) is 5.96. The molecule has 0 bridgehead atoms. The number of benzene rings is 3. The molecular formula is C42H42S4Si2. The van der Waals surface area contributed by atoms with Crippen LogP contribution < -0.4 is 0 Å². The number of thiophene rings is 4. The molecule has 0 spiro atoms. The highest BCUT2D eigenvalue weighted by atomic mass is 32.1. The van der Waals surface area contributed by atoms with Crippen LogP contribution in [0.2, 0.25) is 36.3 Å². The molecule has 0 aliphatic heterocycles. The lowest BCUT2D eigenvalue weighted by Gasteiger charge is -2.21. The van der Waals surface area contributed by atoms with E-state index in [1.54, 1.807) is 0 Å². The molecule has 0 atom stereocenters. The molecule has 0 aliphatic rings. The number of hydrogen-bond acceptors (Lipinski definition) is 4. The second-order valence-corrected chi connectivity index (χ2v) is 26.9. The van der Waals surface area contributed by atoms with Crippen LogP contribution in [0.4, 0.5) is 0 Å². The lowest BCUT2D eigenvalue weighted by atomic mass is 9.90. The van der Waals surface area contributed by atoms with E-state index < -0.39 is 16.1 Å². The molecule has 3 aromatic carbocycles. The monoisotopic (exact) mass is 730 g/mol. The van der Waals surface area contributed by atoms with E-state index in [1.807, 2.05) is 45.3 Å². The van der Waals surface area contributed by atoms with Gasteiger partial charge in [-0.25, -0.2) is 0 Å². The van der Waals surface area contributed by atoms with Gasteiger partial charge in [0, 0.05) is 39.7 Å². The molecule has 0 saturated carbocycles. The number of rotatable bonds is 8. The Bertz CT molecular complexity index is 2160. The van der Waals surface area contributed by atoms with Crippen LogP contribution in [0.5, 0.6) is 0 Å². The van der Waals surface area contributed by atoms with E-state index in [4.69, 9.17) is 0 Å². The Hall–Kier alpha value is -2.95. The van der Waals surface area contributed by atoms with Gasteiger partial charge in [-0.15, -0.1) is 56.4 Å². The van der Waals surface area contributed by atoms with Gasteiger partial charge in [0.15, 0.2) is 0 Å². The molecule has 0 amide bonds. The first-order chi connectivity index (χ1) is 23.4. The summed E-state index contributed by atoms with van der Waals surface area (Å²) in [4.78, 5) is 2.65. The van der Waals surface area contributed by atoms with Gasteiger partial charge in [-0.2, -0.15) is 0 Å². The van der Waals surface area contributed by atoms with Crippen LogP contribution >= 0.6 is 45.3 Å². The third-order valence-corrected chi connectivity index (χ3v) is 24.6. The van der Waals surface area contributed by atoms with Crippen LogP contribution in [0.3, 0.4) is 0 Å². The van der Waals surface area contributed by atoms with E-state index in [2.05, 4.69) is 136 Å². The minimum atomic E-state index is -1.69. The molecule has 0 aliphatic carbocycles. The van der Waals surface area contributed by atoms with Crippen molar-refractivity contribution in [2.75, 3.05) is 0 Å². The highest BCUT2D eigenvalue weighted by molar-refractivity contribution is 7.29. The maximum Gasteiger partial charge on any atom is 0.138 e. The zero-order chi connectivity index (χ0) is 33.5. The zero-order valence-electron chi connectivity index (χ0n) is 28.8. The maximum atomic E-state index is 3.99. The largest absolute Gasteiger partial charge is 0.143 e. The van der Waals surface area contributed by atoms with Gasteiger partial charge in [-0.1, -0.05) is 77.6 Å². The Balaban J connectivity index is 1.56. The summed E-state index contributed by atoms with van der Waals surface area (Å²) in [6, 6.07) is 30.6. The highest BCUT2D eigenvalue weighted by Crippen LogP contribution is 2.42. The molecule has 0 N–H and O–H groups in total. The molecule has 48 heavy (non-hydrogen) atoms. The average molecular weight is 731 g/mol. The second-order valence-electron chi connectivity index (χ2n) is 13.0. The van der Waals surface area contributed by atoms with Gasteiger partial charge in [0.1, 0.15) is 16.1 Å². The highest BCUT2D eigenvalue weighted by Gasteiger charge is 2.26. The fourth-order valence-corrected chi connectivity index (χ4v) is 16.1. The Kier molecular flexibility index (Phi) is 9.61. The lowest BCUT2D eigenvalue weighted by molar-refractivity contribution is 1.20. The molecule has 0 nitrogen and oxygen atoms in total. The molecule has 242 valence electrons. The van der Waals surface area contributed by atoms with E-state index in [0.717, 1.165) is 0 Å². The maximum absolute atomic E-state index is 3.99. The fraction of sp³-hybridized carbons (Fsp3) is 0.286. The summed E-state index contributed by atoms with van der Waals surface area (Å²) in [5.41, 5.74) is 12.9. The molecule has 0 saturated heterocycles. The van der Waals surface area contributed by atoms with Crippen LogP contribution in [-0.2, 0) is 0 Å². The van der Waals surface area contributed by atoms with Gasteiger partial charge in [0.2, 0.25) is 0 Å². The van der Waals surface area contributed by atoms with Gasteiger partial charge in [-0.05, 0) is 116 Å². The molecule has 7 aromatic rings. The van der Waals surface area contributed by atoms with Crippen LogP contribution in [-0.4, -0.2) is 16.1 Å². The van der Waals surface area contributed by atoms with Crippen molar-refractivity contribution in [2.24, 2.45) is 0 Å². The zero-order valence-corrected chi connectivity index (χ0v) is 34.1. The van der Waals surface area contributed by atoms with Crippen molar-refractivity contribution in [1.82, 2.24) is 0 Å². The summed E-state index contributed by atoms with van der Waals surface area (Å²) in [5, 5.41) is 9.38. The summed E-state index contributed by atoms with van der Waals surface area (Å²) >= 11 is 7.44. The van der Waals surface area contributed by atoms with E-state index in [9.17, 15) is 0 Å². The van der Waals surface area contributed by atoms with Crippen molar-refractivity contribution in [2.45, 2.75) is 77.8 Å². The van der Waals surface area contributed by atoms with E-state index in [0.29, 0.717) is 0 Å². The van der Waals surface area contributed by atoms with E-state index in [-0.39, 0.29) is 0 Å². The molecular weight excluding hydrogens is 689 g/mol. The van der Waals surface area contributed by atoms with E-state index in [1.165, 1.54) is 109 Å². The van der Waals surface area contributed by atoms with Gasteiger partial charge in [-0.3, -0.25) is 0 Å². The Morgan fingerprint density at radius 3 is 1.21 bits per heavy atom. The number of fused-ring (bicyclic) bond motifs is 4. The topological polar surface area (TPSA) is 0 Å². The number of hydrogen-bond donors (Lipinski definition) is 0. The van der Waals surface area contributed by atoms with Crippen LogP contribution in [0, 0.1) is 22.9 Å². The minimum absolute atomic E-state index is 1.18. The minimum Gasteiger partial charge on any atom is -0.143 e. The molecule has 0 fully saturated rings. The van der Waals surface area contributed by atoms with Gasteiger partial charge in [0.05, 0.1) is 0 Å². The van der Waals surface area contributed by atoms with Crippen molar-refractivity contribution < 1.29 is 0 Å². The smallest absolute Gasteiger partial charge is 0.138 e. The Morgan fingerprint density at radius 1 is 0.458 bits per heavy atom. The van der Waals surface area contributed by atoms with Gasteiger partial charge in [0.25, 0.3) is 0 Å². The summed E-state index contributed by atoms with van der Waals surface area (Å²) in [6.45, 7) is 14.1. The molecule has 7 rings (SSSR count). The first kappa shape index (κ1) is 33.5. The van der Waals surface area contributed by atoms with Crippen molar-refractivity contribution in [1.29, 1.82) is 0 Å². The second kappa shape index (κ2) is 13.8. The predicted molar refractivity (Wildman–Crippen MR) is 227 cm³/mol. The molecule has 4 heterocycles. The summed E-state index contributed by atoms with van der Waals surface area (Å²) in [5.74, 6) is 7.83. The van der Waals surface area contributed by atoms with Crippen molar-refractivity contribution in [3.63, 3.8) is 0 Å². The van der Waals surface area contributed by atoms with Crippen molar-refractivity contribution >= 4 is 102 Å². The normalized spacial score (nSPS) is 12.1. The first-order valence-corrected chi connectivity index (χ1v) is 26.1. The van der Waals surface area contributed by atoms with Crippen LogP contribution in [0.1, 0.15) is 52.7 Å². The van der Waals surface area contributed by atoms with Crippen molar-refractivity contribution in [3.8, 4) is 43.8 Å². The van der Waals surface area contributed by atoms with Gasteiger partial charge < -0.3 is 0 Å². The Labute approximate surface area is 303 Å².